The molecule has 1 aliphatic heterocycles. The zero-order valence-corrected chi connectivity index (χ0v) is 8.96. The number of nitriles is 1. The lowest BCUT2D eigenvalue weighted by atomic mass is 9.98. The summed E-state index contributed by atoms with van der Waals surface area (Å²) in [6, 6.07) is 6.52. The van der Waals surface area contributed by atoms with Gasteiger partial charge in [-0.05, 0) is 17.7 Å². The van der Waals surface area contributed by atoms with E-state index in [-0.39, 0.29) is 19.0 Å². The number of cyclic esters (lactones) is 1. The third kappa shape index (κ3) is 2.13. The molecule has 2 unspecified atom stereocenters. The largest absolute Gasteiger partial charge is 0.457 e. The summed E-state index contributed by atoms with van der Waals surface area (Å²) >= 11 is 0. The maximum Gasteiger partial charge on any atom is 0.338 e. The molecule has 5 nitrogen and oxygen atoms in total. The summed E-state index contributed by atoms with van der Waals surface area (Å²) in [6.07, 6.45) is -2.40. The molecular weight excluding hydrogens is 222 g/mol. The van der Waals surface area contributed by atoms with Gasteiger partial charge in [-0.3, -0.25) is 0 Å². The molecule has 0 amide bonds. The number of hydrogen-bond acceptors (Lipinski definition) is 5. The molecule has 0 bridgehead atoms. The third-order valence-electron chi connectivity index (χ3n) is 2.71. The lowest BCUT2D eigenvalue weighted by Gasteiger charge is -2.15. The third-order valence-corrected chi connectivity index (χ3v) is 2.71. The first-order valence-electron chi connectivity index (χ1n) is 5.16. The second-order valence-electron chi connectivity index (χ2n) is 3.87. The Morgan fingerprint density at radius 2 is 2.24 bits per heavy atom. The van der Waals surface area contributed by atoms with Crippen molar-refractivity contribution >= 4 is 5.97 Å². The zero-order chi connectivity index (χ0) is 12.4. The first-order chi connectivity index (χ1) is 8.13. The Bertz CT molecular complexity index is 492. The van der Waals surface area contributed by atoms with Crippen LogP contribution in [0.15, 0.2) is 18.2 Å². The number of fused-ring (bicyclic) bond motifs is 1. The van der Waals surface area contributed by atoms with E-state index in [0.717, 1.165) is 0 Å². The highest BCUT2D eigenvalue weighted by atomic mass is 16.5. The monoisotopic (exact) mass is 233 g/mol. The van der Waals surface area contributed by atoms with E-state index in [2.05, 4.69) is 0 Å². The minimum absolute atomic E-state index is 0.145. The van der Waals surface area contributed by atoms with Gasteiger partial charge in [0.15, 0.2) is 0 Å². The zero-order valence-electron chi connectivity index (χ0n) is 8.96. The Labute approximate surface area is 97.9 Å². The van der Waals surface area contributed by atoms with E-state index < -0.39 is 12.2 Å². The Balaban J connectivity index is 2.24. The predicted molar refractivity (Wildman–Crippen MR) is 56.8 cm³/mol. The highest BCUT2D eigenvalue weighted by molar-refractivity contribution is 5.93. The van der Waals surface area contributed by atoms with Gasteiger partial charge in [-0.15, -0.1) is 0 Å². The number of benzene rings is 1. The number of carbonyl (C=O) groups is 1. The minimum atomic E-state index is -1.13. The SMILES string of the molecule is N#CCC(O)C(O)c1ccc2c(c1)COC2=O. The van der Waals surface area contributed by atoms with Crippen molar-refractivity contribution in [1.29, 1.82) is 5.26 Å². The van der Waals surface area contributed by atoms with Crippen LogP contribution in [-0.4, -0.2) is 22.3 Å². The van der Waals surface area contributed by atoms with Gasteiger partial charge in [-0.1, -0.05) is 6.07 Å². The molecule has 5 heteroatoms. The van der Waals surface area contributed by atoms with Gasteiger partial charge in [-0.2, -0.15) is 5.26 Å². The van der Waals surface area contributed by atoms with Crippen molar-refractivity contribution in [3.63, 3.8) is 0 Å². The Kier molecular flexibility index (Phi) is 3.09. The second-order valence-corrected chi connectivity index (χ2v) is 3.87. The van der Waals surface area contributed by atoms with Crippen LogP contribution in [-0.2, 0) is 11.3 Å². The number of aliphatic hydroxyl groups is 2. The van der Waals surface area contributed by atoms with Crippen LogP contribution in [0.25, 0.3) is 0 Å². The normalized spacial score (nSPS) is 16.9. The fraction of sp³-hybridized carbons (Fsp3) is 0.333. The molecular formula is C12H11NO4. The van der Waals surface area contributed by atoms with Crippen molar-refractivity contribution in [1.82, 2.24) is 0 Å². The van der Waals surface area contributed by atoms with E-state index in [0.29, 0.717) is 16.7 Å². The second kappa shape index (κ2) is 4.53. The molecule has 1 aromatic carbocycles. The molecule has 0 saturated carbocycles. The van der Waals surface area contributed by atoms with Crippen LogP contribution in [0.5, 0.6) is 0 Å². The number of ether oxygens (including phenoxy) is 1. The smallest absolute Gasteiger partial charge is 0.338 e. The molecule has 0 aromatic heterocycles. The lowest BCUT2D eigenvalue weighted by molar-refractivity contribution is 0.0216. The molecule has 2 atom stereocenters. The summed E-state index contributed by atoms with van der Waals surface area (Å²) in [5.74, 6) is -0.376. The Hall–Kier alpha value is -1.90. The van der Waals surface area contributed by atoms with Crippen LogP contribution >= 0.6 is 0 Å². The molecule has 0 radical (unpaired) electrons. The van der Waals surface area contributed by atoms with Crippen molar-refractivity contribution < 1.29 is 19.7 Å². The fourth-order valence-electron chi connectivity index (χ4n) is 1.76. The lowest BCUT2D eigenvalue weighted by Crippen LogP contribution is -2.17. The molecule has 1 aromatic rings. The predicted octanol–water partition coefficient (Wildman–Crippen LogP) is 0.665. The molecule has 2 N–H and O–H groups in total. The molecule has 1 heterocycles. The molecule has 0 fully saturated rings. The Morgan fingerprint density at radius 3 is 2.94 bits per heavy atom. The van der Waals surface area contributed by atoms with E-state index in [4.69, 9.17) is 10.00 Å². The quantitative estimate of drug-likeness (QED) is 0.748. The molecule has 0 spiro atoms. The van der Waals surface area contributed by atoms with Gasteiger partial charge < -0.3 is 14.9 Å². The molecule has 88 valence electrons. The van der Waals surface area contributed by atoms with Crippen molar-refractivity contribution in [2.24, 2.45) is 0 Å². The summed E-state index contributed by atoms with van der Waals surface area (Å²) in [6.45, 7) is 0.184. The number of esters is 1. The van der Waals surface area contributed by atoms with Crippen molar-refractivity contribution in [3.05, 3.63) is 34.9 Å². The van der Waals surface area contributed by atoms with Gasteiger partial charge >= 0.3 is 5.97 Å². The van der Waals surface area contributed by atoms with Gasteiger partial charge in [0.05, 0.1) is 24.2 Å². The number of nitrogens with zero attached hydrogens (tertiary/aromatic N) is 1. The van der Waals surface area contributed by atoms with Crippen LogP contribution in [0.1, 0.15) is 34.0 Å². The van der Waals surface area contributed by atoms with Gasteiger partial charge in [0.25, 0.3) is 0 Å². The van der Waals surface area contributed by atoms with E-state index in [9.17, 15) is 15.0 Å². The molecule has 2 rings (SSSR count). The Morgan fingerprint density at radius 1 is 1.47 bits per heavy atom. The van der Waals surface area contributed by atoms with E-state index >= 15 is 0 Å². The van der Waals surface area contributed by atoms with Gasteiger partial charge in [0.1, 0.15) is 12.7 Å². The summed E-state index contributed by atoms with van der Waals surface area (Å²) in [5.41, 5.74) is 1.65. The van der Waals surface area contributed by atoms with Gasteiger partial charge in [-0.25, -0.2) is 4.79 Å². The maximum absolute atomic E-state index is 11.2. The first kappa shape index (κ1) is 11.6. The average Bonchev–Trinajstić information content (AvgIpc) is 2.70. The van der Waals surface area contributed by atoms with Crippen LogP contribution in [0, 0.1) is 11.3 Å². The van der Waals surface area contributed by atoms with Gasteiger partial charge in [0.2, 0.25) is 0 Å². The van der Waals surface area contributed by atoms with E-state index in [1.54, 1.807) is 24.3 Å². The van der Waals surface area contributed by atoms with E-state index in [1.165, 1.54) is 0 Å². The molecule has 17 heavy (non-hydrogen) atoms. The van der Waals surface area contributed by atoms with Crippen molar-refractivity contribution in [2.75, 3.05) is 0 Å². The molecule has 1 aliphatic rings. The summed E-state index contributed by atoms with van der Waals surface area (Å²) < 4.78 is 4.83. The maximum atomic E-state index is 11.2. The highest BCUT2D eigenvalue weighted by Gasteiger charge is 2.24. The summed E-state index contributed by atoms with van der Waals surface area (Å²) in [5, 5.41) is 27.7. The summed E-state index contributed by atoms with van der Waals surface area (Å²) in [4.78, 5) is 11.2. The molecule has 0 aliphatic carbocycles. The van der Waals surface area contributed by atoms with Crippen molar-refractivity contribution in [3.8, 4) is 6.07 Å². The van der Waals surface area contributed by atoms with Crippen LogP contribution in [0.2, 0.25) is 0 Å². The molecule has 0 saturated heterocycles. The number of carbonyl (C=O) groups excluding carboxylic acids is 1. The number of hydrogen-bond donors (Lipinski definition) is 2. The highest BCUT2D eigenvalue weighted by Crippen LogP contribution is 2.26. The standard InChI is InChI=1S/C12H11NO4/c13-4-3-10(14)11(15)7-1-2-9-8(5-7)6-17-12(9)16/h1-2,5,10-11,14-15H,3,6H2. The topological polar surface area (TPSA) is 90.6 Å². The fourth-order valence-corrected chi connectivity index (χ4v) is 1.76. The van der Waals surface area contributed by atoms with Crippen LogP contribution in [0.4, 0.5) is 0 Å². The average molecular weight is 233 g/mol. The number of aliphatic hydroxyl groups excluding tert-OH is 2. The first-order valence-corrected chi connectivity index (χ1v) is 5.16. The van der Waals surface area contributed by atoms with E-state index in [1.807, 2.05) is 0 Å². The van der Waals surface area contributed by atoms with Crippen LogP contribution < -0.4 is 0 Å². The summed E-state index contributed by atoms with van der Waals surface area (Å²) in [7, 11) is 0. The van der Waals surface area contributed by atoms with Gasteiger partial charge in [0, 0.05) is 5.56 Å². The minimum Gasteiger partial charge on any atom is -0.457 e. The van der Waals surface area contributed by atoms with Crippen LogP contribution in [0.3, 0.4) is 0 Å². The van der Waals surface area contributed by atoms with Crippen molar-refractivity contribution in [2.45, 2.75) is 25.2 Å². The number of rotatable bonds is 3.